The number of carbonyl (C=O) groups is 2. The molecule has 1 aliphatic carbocycles. The molecule has 0 fully saturated rings. The molecule has 7 nitrogen and oxygen atoms in total. The SMILES string of the molecule is CCCCCn1c(S[C@@H](C)C(=O)NC(N)=O)nc2sc3c(c2c1=O)CCC3. The fourth-order valence-corrected chi connectivity index (χ4v) is 5.54. The number of aryl methyl sites for hydroxylation is 2. The number of nitrogens with zero attached hydrogens (tertiary/aromatic N) is 2. The molecule has 9 heteroatoms. The molecule has 3 rings (SSSR count). The molecule has 27 heavy (non-hydrogen) atoms. The summed E-state index contributed by atoms with van der Waals surface area (Å²) in [5, 5.41) is 2.77. The Kier molecular flexibility index (Phi) is 6.21. The Labute approximate surface area is 165 Å². The molecule has 3 N–H and O–H groups in total. The van der Waals surface area contributed by atoms with Gasteiger partial charge in [-0.05, 0) is 38.2 Å². The van der Waals surface area contributed by atoms with Gasteiger partial charge in [-0.15, -0.1) is 11.3 Å². The van der Waals surface area contributed by atoms with Crippen LogP contribution >= 0.6 is 23.1 Å². The zero-order chi connectivity index (χ0) is 19.6. The molecule has 0 radical (unpaired) electrons. The maximum Gasteiger partial charge on any atom is 0.318 e. The Balaban J connectivity index is 1.99. The van der Waals surface area contributed by atoms with Crippen LogP contribution in [-0.2, 0) is 24.2 Å². The van der Waals surface area contributed by atoms with Crippen LogP contribution in [0.25, 0.3) is 10.2 Å². The van der Waals surface area contributed by atoms with E-state index in [1.165, 1.54) is 16.6 Å². The Morgan fingerprint density at radius 3 is 2.85 bits per heavy atom. The first-order valence-electron chi connectivity index (χ1n) is 9.24. The van der Waals surface area contributed by atoms with E-state index in [4.69, 9.17) is 10.7 Å². The molecule has 0 aromatic carbocycles. The number of nitrogens with two attached hydrogens (primary N) is 1. The van der Waals surface area contributed by atoms with Gasteiger partial charge in [-0.1, -0.05) is 31.5 Å². The minimum atomic E-state index is -0.883. The van der Waals surface area contributed by atoms with Crippen molar-refractivity contribution in [1.82, 2.24) is 14.9 Å². The number of primary amides is 1. The average Bonchev–Trinajstić information content (AvgIpc) is 3.17. The molecule has 146 valence electrons. The Bertz CT molecular complexity index is 935. The van der Waals surface area contributed by atoms with E-state index in [1.807, 2.05) is 0 Å². The van der Waals surface area contributed by atoms with E-state index in [9.17, 15) is 14.4 Å². The third kappa shape index (κ3) is 4.19. The predicted molar refractivity (Wildman–Crippen MR) is 108 cm³/mol. The Morgan fingerprint density at radius 2 is 2.15 bits per heavy atom. The van der Waals surface area contributed by atoms with E-state index in [0.29, 0.717) is 11.7 Å². The van der Waals surface area contributed by atoms with Crippen LogP contribution in [0.15, 0.2) is 9.95 Å². The van der Waals surface area contributed by atoms with Crippen LogP contribution in [0.5, 0.6) is 0 Å². The molecule has 3 amide bonds. The van der Waals surface area contributed by atoms with Crippen LogP contribution in [0.3, 0.4) is 0 Å². The molecular formula is C18H24N4O3S2. The van der Waals surface area contributed by atoms with Gasteiger partial charge in [0.1, 0.15) is 4.83 Å². The van der Waals surface area contributed by atoms with Crippen molar-refractivity contribution in [3.8, 4) is 0 Å². The second-order valence-corrected chi connectivity index (χ2v) is 9.10. The predicted octanol–water partition coefficient (Wildman–Crippen LogP) is 2.81. The normalized spacial score (nSPS) is 14.3. The van der Waals surface area contributed by atoms with Gasteiger partial charge < -0.3 is 5.73 Å². The molecule has 1 aliphatic rings. The number of aromatic nitrogens is 2. The second kappa shape index (κ2) is 8.43. The molecule has 0 saturated heterocycles. The van der Waals surface area contributed by atoms with Crippen LogP contribution in [0, 0.1) is 0 Å². The van der Waals surface area contributed by atoms with E-state index in [-0.39, 0.29) is 5.56 Å². The van der Waals surface area contributed by atoms with Crippen molar-refractivity contribution in [3.63, 3.8) is 0 Å². The molecule has 0 bridgehead atoms. The number of urea groups is 1. The highest BCUT2D eigenvalue weighted by atomic mass is 32.2. The topological polar surface area (TPSA) is 107 Å². The van der Waals surface area contributed by atoms with Gasteiger partial charge in [0.15, 0.2) is 5.16 Å². The number of carbonyl (C=O) groups excluding carboxylic acids is 2. The molecule has 2 aromatic heterocycles. The number of thioether (sulfide) groups is 1. The third-order valence-electron chi connectivity index (χ3n) is 4.67. The maximum atomic E-state index is 13.2. The fraction of sp³-hybridized carbons (Fsp3) is 0.556. The summed E-state index contributed by atoms with van der Waals surface area (Å²) in [6.07, 6.45) is 5.99. The van der Waals surface area contributed by atoms with Gasteiger partial charge in [-0.2, -0.15) is 0 Å². The molecule has 2 aromatic rings. The average molecular weight is 409 g/mol. The highest BCUT2D eigenvalue weighted by Gasteiger charge is 2.25. The third-order valence-corrected chi connectivity index (χ3v) is 6.95. The lowest BCUT2D eigenvalue weighted by Crippen LogP contribution is -2.39. The summed E-state index contributed by atoms with van der Waals surface area (Å²) < 4.78 is 1.70. The number of fused-ring (bicyclic) bond motifs is 3. The second-order valence-electron chi connectivity index (χ2n) is 6.71. The van der Waals surface area contributed by atoms with Crippen LogP contribution in [0.2, 0.25) is 0 Å². The van der Waals surface area contributed by atoms with Crippen molar-refractivity contribution in [2.24, 2.45) is 5.73 Å². The van der Waals surface area contributed by atoms with Gasteiger partial charge in [0, 0.05) is 11.4 Å². The first kappa shape index (κ1) is 19.9. The van der Waals surface area contributed by atoms with Crippen molar-refractivity contribution >= 4 is 45.3 Å². The number of unbranched alkanes of at least 4 members (excludes halogenated alkanes) is 2. The number of rotatable bonds is 7. The lowest BCUT2D eigenvalue weighted by Gasteiger charge is -2.15. The first-order valence-corrected chi connectivity index (χ1v) is 10.9. The number of hydrogen-bond donors (Lipinski definition) is 2. The van der Waals surface area contributed by atoms with E-state index in [2.05, 4.69) is 12.2 Å². The Hall–Kier alpha value is -1.87. The maximum absolute atomic E-state index is 13.2. The van der Waals surface area contributed by atoms with Crippen molar-refractivity contribution in [3.05, 3.63) is 20.8 Å². The number of nitrogens with one attached hydrogen (secondary N) is 1. The summed E-state index contributed by atoms with van der Waals surface area (Å²) in [7, 11) is 0. The van der Waals surface area contributed by atoms with Gasteiger partial charge in [-0.3, -0.25) is 19.5 Å². The summed E-state index contributed by atoms with van der Waals surface area (Å²) >= 11 is 2.77. The van der Waals surface area contributed by atoms with E-state index in [0.717, 1.165) is 54.3 Å². The van der Waals surface area contributed by atoms with Crippen LogP contribution in [0.4, 0.5) is 4.79 Å². The first-order chi connectivity index (χ1) is 12.9. The monoisotopic (exact) mass is 408 g/mol. The van der Waals surface area contributed by atoms with Gasteiger partial charge in [-0.25, -0.2) is 9.78 Å². The zero-order valence-electron chi connectivity index (χ0n) is 15.5. The highest BCUT2D eigenvalue weighted by molar-refractivity contribution is 8.00. The van der Waals surface area contributed by atoms with Gasteiger partial charge in [0.2, 0.25) is 5.91 Å². The minimum absolute atomic E-state index is 0.0134. The molecule has 0 saturated carbocycles. The quantitative estimate of drug-likeness (QED) is 0.416. The number of thiophene rings is 1. The van der Waals surface area contributed by atoms with Crippen LogP contribution in [0.1, 0.15) is 50.0 Å². The largest absolute Gasteiger partial charge is 0.351 e. The van der Waals surface area contributed by atoms with Crippen molar-refractivity contribution in [2.45, 2.75) is 69.3 Å². The van der Waals surface area contributed by atoms with Crippen molar-refractivity contribution < 1.29 is 9.59 Å². The van der Waals surface area contributed by atoms with Crippen molar-refractivity contribution in [1.29, 1.82) is 0 Å². The number of hydrogen-bond acceptors (Lipinski definition) is 6. The van der Waals surface area contributed by atoms with Crippen molar-refractivity contribution in [2.75, 3.05) is 0 Å². The molecule has 0 unspecified atom stereocenters. The minimum Gasteiger partial charge on any atom is -0.351 e. The molecule has 1 atom stereocenters. The molecule has 0 spiro atoms. The van der Waals surface area contributed by atoms with Gasteiger partial charge in [0.25, 0.3) is 5.56 Å². The molecule has 0 aliphatic heterocycles. The number of imide groups is 1. The van der Waals surface area contributed by atoms with Gasteiger partial charge in [0.05, 0.1) is 10.6 Å². The Morgan fingerprint density at radius 1 is 1.37 bits per heavy atom. The van der Waals surface area contributed by atoms with E-state index < -0.39 is 17.2 Å². The zero-order valence-corrected chi connectivity index (χ0v) is 17.2. The molecule has 2 heterocycles. The lowest BCUT2D eigenvalue weighted by molar-refractivity contribution is -0.119. The standard InChI is InChI=1S/C18H24N4O3S2/c1-3-4-5-9-22-16(24)13-11-7-6-8-12(11)27-15(13)21-18(22)26-10(2)14(23)20-17(19)25/h10H,3-9H2,1-2H3,(H3,19,20,23,25)/t10-/m0/s1. The fourth-order valence-electron chi connectivity index (χ4n) is 3.30. The van der Waals surface area contributed by atoms with Crippen LogP contribution < -0.4 is 16.6 Å². The molecular weight excluding hydrogens is 384 g/mol. The summed E-state index contributed by atoms with van der Waals surface area (Å²) in [4.78, 5) is 42.9. The lowest BCUT2D eigenvalue weighted by atomic mass is 10.2. The summed E-state index contributed by atoms with van der Waals surface area (Å²) in [6, 6.07) is -0.883. The van der Waals surface area contributed by atoms with E-state index in [1.54, 1.807) is 22.8 Å². The smallest absolute Gasteiger partial charge is 0.318 e. The highest BCUT2D eigenvalue weighted by Crippen LogP contribution is 2.36. The van der Waals surface area contributed by atoms with Crippen LogP contribution in [-0.4, -0.2) is 26.7 Å². The number of amides is 3. The summed E-state index contributed by atoms with van der Waals surface area (Å²) in [6.45, 7) is 4.36. The summed E-state index contributed by atoms with van der Waals surface area (Å²) in [5.41, 5.74) is 6.17. The van der Waals surface area contributed by atoms with Gasteiger partial charge >= 0.3 is 6.03 Å². The summed E-state index contributed by atoms with van der Waals surface area (Å²) in [5.74, 6) is -0.490. The van der Waals surface area contributed by atoms with E-state index >= 15 is 0 Å².